The van der Waals surface area contributed by atoms with Crippen molar-refractivity contribution in [2.75, 3.05) is 27.3 Å². The van der Waals surface area contributed by atoms with Crippen LogP contribution in [-0.2, 0) is 17.8 Å². The van der Waals surface area contributed by atoms with Gasteiger partial charge in [0.25, 0.3) is 11.8 Å². The van der Waals surface area contributed by atoms with Crippen molar-refractivity contribution in [2.45, 2.75) is 19.4 Å². The van der Waals surface area contributed by atoms with E-state index in [1.807, 2.05) is 36.4 Å². The number of pyridine rings is 1. The molecule has 1 heterocycles. The Balaban J connectivity index is 1.60. The fraction of sp³-hybridized carbons (Fsp3) is 0.212. The molecule has 0 spiro atoms. The van der Waals surface area contributed by atoms with Gasteiger partial charge in [0.1, 0.15) is 0 Å². The van der Waals surface area contributed by atoms with E-state index in [0.717, 1.165) is 11.3 Å². The number of carbonyl (C=O) groups is 3. The molecule has 0 saturated heterocycles. The average molecular weight is 568 g/mol. The monoisotopic (exact) mass is 567 g/mol. The first-order valence-corrected chi connectivity index (χ1v) is 13.5. The summed E-state index contributed by atoms with van der Waals surface area (Å²) in [7, 11) is 3.11. The summed E-state index contributed by atoms with van der Waals surface area (Å²) in [6.45, 7) is 0.567. The lowest BCUT2D eigenvalue weighted by Crippen LogP contribution is -2.35. The van der Waals surface area contributed by atoms with Crippen molar-refractivity contribution >= 4 is 17.8 Å². The number of hydrogen-bond donors (Lipinski definition) is 2. The van der Waals surface area contributed by atoms with Crippen molar-refractivity contribution in [3.05, 3.63) is 114 Å². The highest BCUT2D eigenvalue weighted by Crippen LogP contribution is 2.30. The van der Waals surface area contributed by atoms with Gasteiger partial charge < -0.3 is 24.8 Å². The third kappa shape index (κ3) is 7.51. The molecule has 0 saturated carbocycles. The predicted molar refractivity (Wildman–Crippen MR) is 159 cm³/mol. The lowest BCUT2D eigenvalue weighted by molar-refractivity contribution is -0.137. The van der Waals surface area contributed by atoms with E-state index < -0.39 is 5.97 Å². The van der Waals surface area contributed by atoms with Crippen molar-refractivity contribution in [2.24, 2.45) is 0 Å². The molecule has 0 aliphatic heterocycles. The van der Waals surface area contributed by atoms with Gasteiger partial charge in [-0.25, -0.2) is 0 Å². The molecule has 0 radical (unpaired) electrons. The molecular weight excluding hydrogens is 534 g/mol. The molecule has 4 rings (SSSR count). The SMILES string of the molecule is COc1ccc(CCN(CCC(=O)O)C(=O)c2ccccc2-c2ccccc2C(=O)NCc2ccccn2)cc1OC. The Morgan fingerprint density at radius 1 is 0.810 bits per heavy atom. The quantitative estimate of drug-likeness (QED) is 0.237. The van der Waals surface area contributed by atoms with E-state index in [1.54, 1.807) is 68.9 Å². The number of hydrogen-bond acceptors (Lipinski definition) is 6. The van der Waals surface area contributed by atoms with Gasteiger partial charge in [-0.15, -0.1) is 0 Å². The van der Waals surface area contributed by atoms with Gasteiger partial charge in [0.2, 0.25) is 0 Å². The van der Waals surface area contributed by atoms with Gasteiger partial charge in [-0.05, 0) is 59.5 Å². The number of ether oxygens (including phenoxy) is 2. The van der Waals surface area contributed by atoms with E-state index >= 15 is 0 Å². The summed E-state index contributed by atoms with van der Waals surface area (Å²) in [5.41, 5.74) is 3.60. The zero-order chi connectivity index (χ0) is 29.9. The largest absolute Gasteiger partial charge is 0.493 e. The first kappa shape index (κ1) is 29.8. The lowest BCUT2D eigenvalue weighted by atomic mass is 9.94. The van der Waals surface area contributed by atoms with Crippen LogP contribution in [0.3, 0.4) is 0 Å². The maximum atomic E-state index is 14.0. The van der Waals surface area contributed by atoms with E-state index in [0.29, 0.717) is 40.2 Å². The second-order valence-corrected chi connectivity index (χ2v) is 9.47. The first-order chi connectivity index (χ1) is 20.4. The summed E-state index contributed by atoms with van der Waals surface area (Å²) in [6, 6.07) is 25.1. The van der Waals surface area contributed by atoms with Crippen molar-refractivity contribution < 1.29 is 29.0 Å². The maximum absolute atomic E-state index is 14.0. The summed E-state index contributed by atoms with van der Waals surface area (Å²) in [5.74, 6) is -0.453. The van der Waals surface area contributed by atoms with Crippen LogP contribution in [0.2, 0.25) is 0 Å². The van der Waals surface area contributed by atoms with Crippen LogP contribution in [0, 0.1) is 0 Å². The van der Waals surface area contributed by atoms with E-state index in [9.17, 15) is 19.5 Å². The molecule has 0 unspecified atom stereocenters. The van der Waals surface area contributed by atoms with Crippen molar-refractivity contribution in [3.8, 4) is 22.6 Å². The first-order valence-electron chi connectivity index (χ1n) is 13.5. The maximum Gasteiger partial charge on any atom is 0.305 e. The normalized spacial score (nSPS) is 10.5. The summed E-state index contributed by atoms with van der Waals surface area (Å²) in [4.78, 5) is 44.4. The number of amides is 2. The number of carboxylic acids is 1. The molecule has 0 fully saturated rings. The molecule has 4 aromatic rings. The van der Waals surface area contributed by atoms with Gasteiger partial charge in [-0.2, -0.15) is 0 Å². The molecule has 216 valence electrons. The van der Waals surface area contributed by atoms with Crippen LogP contribution >= 0.6 is 0 Å². The van der Waals surface area contributed by atoms with Crippen LogP contribution in [0.15, 0.2) is 91.1 Å². The molecule has 3 aromatic carbocycles. The van der Waals surface area contributed by atoms with Crippen LogP contribution in [-0.4, -0.2) is 60.1 Å². The van der Waals surface area contributed by atoms with Crippen molar-refractivity contribution in [1.29, 1.82) is 0 Å². The molecule has 0 bridgehead atoms. The Kier molecular flexibility index (Phi) is 10.3. The highest BCUT2D eigenvalue weighted by atomic mass is 16.5. The summed E-state index contributed by atoms with van der Waals surface area (Å²) < 4.78 is 10.7. The minimum atomic E-state index is -0.998. The van der Waals surface area contributed by atoms with Crippen molar-refractivity contribution in [1.82, 2.24) is 15.2 Å². The Hall–Kier alpha value is -5.18. The standard InChI is InChI=1S/C33H33N3O6/c1-41-29-15-14-23(21-30(29)42-2)16-19-36(20-17-31(37)38)33(40)28-13-6-4-11-26(28)25-10-3-5-12-27(25)32(39)35-22-24-9-7-8-18-34-24/h3-15,18,21H,16-17,19-20,22H2,1-2H3,(H,35,39)(H,37,38). The smallest absolute Gasteiger partial charge is 0.305 e. The molecule has 0 atom stereocenters. The Bertz CT molecular complexity index is 1540. The molecule has 1 aromatic heterocycles. The van der Waals surface area contributed by atoms with Gasteiger partial charge in [0.15, 0.2) is 11.5 Å². The zero-order valence-corrected chi connectivity index (χ0v) is 23.6. The highest BCUT2D eigenvalue weighted by molar-refractivity contribution is 6.06. The van der Waals surface area contributed by atoms with E-state index in [2.05, 4.69) is 10.3 Å². The number of benzene rings is 3. The number of aromatic nitrogens is 1. The topological polar surface area (TPSA) is 118 Å². The van der Waals surface area contributed by atoms with Crippen LogP contribution in [0.1, 0.15) is 38.4 Å². The molecule has 9 nitrogen and oxygen atoms in total. The van der Waals surface area contributed by atoms with Crippen LogP contribution in [0.5, 0.6) is 11.5 Å². The van der Waals surface area contributed by atoms with Gasteiger partial charge in [-0.3, -0.25) is 19.4 Å². The number of rotatable bonds is 13. The molecule has 0 aliphatic rings. The molecule has 2 N–H and O–H groups in total. The summed E-state index contributed by atoms with van der Waals surface area (Å²) in [5, 5.41) is 12.3. The molecular formula is C33H33N3O6. The van der Waals surface area contributed by atoms with Crippen molar-refractivity contribution in [3.63, 3.8) is 0 Å². The van der Waals surface area contributed by atoms with E-state index in [-0.39, 0.29) is 37.9 Å². The summed E-state index contributed by atoms with van der Waals surface area (Å²) >= 11 is 0. The Labute approximate surface area is 244 Å². The Morgan fingerprint density at radius 3 is 2.14 bits per heavy atom. The lowest BCUT2D eigenvalue weighted by Gasteiger charge is -2.24. The predicted octanol–water partition coefficient (Wildman–Crippen LogP) is 4.86. The van der Waals surface area contributed by atoms with Gasteiger partial charge in [-0.1, -0.05) is 48.5 Å². The van der Waals surface area contributed by atoms with Crippen LogP contribution in [0.25, 0.3) is 11.1 Å². The molecule has 42 heavy (non-hydrogen) atoms. The Morgan fingerprint density at radius 2 is 1.48 bits per heavy atom. The van der Waals surface area contributed by atoms with Gasteiger partial charge in [0.05, 0.1) is 32.9 Å². The van der Waals surface area contributed by atoms with Crippen LogP contribution < -0.4 is 14.8 Å². The number of carboxylic acid groups (broad SMARTS) is 1. The zero-order valence-electron chi connectivity index (χ0n) is 23.6. The number of aliphatic carboxylic acids is 1. The number of nitrogens with zero attached hydrogens (tertiary/aromatic N) is 2. The molecule has 0 aliphatic carbocycles. The molecule has 9 heteroatoms. The van der Waals surface area contributed by atoms with Gasteiger partial charge in [0, 0.05) is 30.4 Å². The third-order valence-electron chi connectivity index (χ3n) is 6.78. The number of nitrogens with one attached hydrogen (secondary N) is 1. The van der Waals surface area contributed by atoms with E-state index in [1.165, 1.54) is 4.90 Å². The summed E-state index contributed by atoms with van der Waals surface area (Å²) in [6.07, 6.45) is 1.94. The van der Waals surface area contributed by atoms with Gasteiger partial charge >= 0.3 is 5.97 Å². The second-order valence-electron chi connectivity index (χ2n) is 9.47. The average Bonchev–Trinajstić information content (AvgIpc) is 3.03. The fourth-order valence-electron chi connectivity index (χ4n) is 4.61. The number of carbonyl (C=O) groups excluding carboxylic acids is 2. The number of methoxy groups -OCH3 is 2. The van der Waals surface area contributed by atoms with E-state index in [4.69, 9.17) is 9.47 Å². The second kappa shape index (κ2) is 14.5. The third-order valence-corrected chi connectivity index (χ3v) is 6.78. The fourth-order valence-corrected chi connectivity index (χ4v) is 4.61. The minimum absolute atomic E-state index is 0.0298. The van der Waals surface area contributed by atoms with Crippen LogP contribution in [0.4, 0.5) is 0 Å². The highest BCUT2D eigenvalue weighted by Gasteiger charge is 2.23. The minimum Gasteiger partial charge on any atom is -0.493 e. The molecule has 2 amide bonds.